The predicted molar refractivity (Wildman–Crippen MR) is 85.6 cm³/mol. The molecule has 1 aromatic carbocycles. The van der Waals surface area contributed by atoms with Crippen LogP contribution in [-0.4, -0.2) is 47.5 Å². The Kier molecular flexibility index (Phi) is 4.72. The van der Waals surface area contributed by atoms with Gasteiger partial charge in [0.1, 0.15) is 11.5 Å². The highest BCUT2D eigenvalue weighted by Crippen LogP contribution is 2.22. The molecule has 2 N–H and O–H groups in total. The first-order valence-electron chi connectivity index (χ1n) is 7.51. The lowest BCUT2D eigenvalue weighted by Gasteiger charge is -2.31. The summed E-state index contributed by atoms with van der Waals surface area (Å²) in [4.78, 5) is 29.4. The molecule has 1 unspecified atom stereocenters. The number of primary amides is 1. The van der Waals surface area contributed by atoms with Gasteiger partial charge in [-0.15, -0.1) is 0 Å². The molecule has 1 aromatic heterocycles. The standard InChI is InChI=1S/C17H17N3O4/c18-16(21)15-11-20(8-9-23-15)17(22)12-2-1-3-14(10-12)24-13-4-6-19-7-5-13/h1-7,10,15H,8-9,11H2,(H2,18,21). The van der Waals surface area contributed by atoms with Gasteiger partial charge in [-0.25, -0.2) is 0 Å². The van der Waals surface area contributed by atoms with Crippen LogP contribution in [0.3, 0.4) is 0 Å². The van der Waals surface area contributed by atoms with Gasteiger partial charge in [-0.2, -0.15) is 0 Å². The van der Waals surface area contributed by atoms with Gasteiger partial charge in [0.25, 0.3) is 5.91 Å². The molecule has 7 nitrogen and oxygen atoms in total. The Bertz CT molecular complexity index is 736. The van der Waals surface area contributed by atoms with Gasteiger partial charge in [-0.05, 0) is 30.3 Å². The molecule has 7 heteroatoms. The molecule has 1 saturated heterocycles. The van der Waals surface area contributed by atoms with Crippen molar-refractivity contribution in [2.75, 3.05) is 19.7 Å². The Morgan fingerprint density at radius 2 is 2.00 bits per heavy atom. The third-order valence-electron chi connectivity index (χ3n) is 3.64. The van der Waals surface area contributed by atoms with E-state index in [0.29, 0.717) is 23.6 Å². The Morgan fingerprint density at radius 3 is 2.75 bits per heavy atom. The number of hydrogen-bond donors (Lipinski definition) is 1. The summed E-state index contributed by atoms with van der Waals surface area (Å²) in [5.41, 5.74) is 5.73. The van der Waals surface area contributed by atoms with E-state index in [9.17, 15) is 9.59 Å². The second kappa shape index (κ2) is 7.10. The minimum Gasteiger partial charge on any atom is -0.457 e. The van der Waals surface area contributed by atoms with Gasteiger partial charge in [-0.3, -0.25) is 14.6 Å². The fraction of sp³-hybridized carbons (Fsp3) is 0.235. The van der Waals surface area contributed by atoms with E-state index in [1.165, 1.54) is 0 Å². The lowest BCUT2D eigenvalue weighted by Crippen LogP contribution is -2.50. The van der Waals surface area contributed by atoms with Gasteiger partial charge in [0, 0.05) is 24.5 Å². The van der Waals surface area contributed by atoms with Gasteiger partial charge in [-0.1, -0.05) is 6.07 Å². The largest absolute Gasteiger partial charge is 0.457 e. The summed E-state index contributed by atoms with van der Waals surface area (Å²) < 4.78 is 11.0. The van der Waals surface area contributed by atoms with E-state index >= 15 is 0 Å². The summed E-state index contributed by atoms with van der Waals surface area (Å²) in [6, 6.07) is 10.3. The lowest BCUT2D eigenvalue weighted by molar-refractivity contribution is -0.133. The van der Waals surface area contributed by atoms with Crippen LogP contribution in [0.25, 0.3) is 0 Å². The van der Waals surface area contributed by atoms with Crippen molar-refractivity contribution in [2.24, 2.45) is 5.73 Å². The van der Waals surface area contributed by atoms with Gasteiger partial charge in [0.05, 0.1) is 13.2 Å². The SMILES string of the molecule is NC(=O)C1CN(C(=O)c2cccc(Oc3ccncc3)c2)CCO1. The molecule has 124 valence electrons. The average molecular weight is 327 g/mol. The van der Waals surface area contributed by atoms with Crippen LogP contribution in [0, 0.1) is 0 Å². The maximum absolute atomic E-state index is 12.6. The highest BCUT2D eigenvalue weighted by molar-refractivity contribution is 5.95. The molecular formula is C17H17N3O4. The molecule has 1 atom stereocenters. The fourth-order valence-electron chi connectivity index (χ4n) is 2.42. The third-order valence-corrected chi connectivity index (χ3v) is 3.64. The van der Waals surface area contributed by atoms with Crippen molar-refractivity contribution in [1.82, 2.24) is 9.88 Å². The minimum absolute atomic E-state index is 0.156. The first kappa shape index (κ1) is 15.9. The van der Waals surface area contributed by atoms with Crippen LogP contribution >= 0.6 is 0 Å². The first-order chi connectivity index (χ1) is 11.6. The van der Waals surface area contributed by atoms with Crippen LogP contribution in [0.1, 0.15) is 10.4 Å². The normalized spacial score (nSPS) is 17.3. The van der Waals surface area contributed by atoms with Crippen LogP contribution in [0.2, 0.25) is 0 Å². The summed E-state index contributed by atoms with van der Waals surface area (Å²) in [5.74, 6) is 0.425. The van der Waals surface area contributed by atoms with Crippen LogP contribution in [0.4, 0.5) is 0 Å². The number of pyridine rings is 1. The number of nitrogens with two attached hydrogens (primary N) is 1. The van der Waals surface area contributed by atoms with E-state index in [4.69, 9.17) is 15.2 Å². The predicted octanol–water partition coefficient (Wildman–Crippen LogP) is 1.20. The van der Waals surface area contributed by atoms with E-state index in [2.05, 4.69) is 4.98 Å². The number of amides is 2. The van der Waals surface area contributed by atoms with Crippen molar-refractivity contribution in [3.63, 3.8) is 0 Å². The van der Waals surface area contributed by atoms with Crippen molar-refractivity contribution >= 4 is 11.8 Å². The highest BCUT2D eigenvalue weighted by atomic mass is 16.5. The Balaban J connectivity index is 1.73. The molecule has 0 radical (unpaired) electrons. The smallest absolute Gasteiger partial charge is 0.254 e. The maximum Gasteiger partial charge on any atom is 0.254 e. The molecule has 2 aromatic rings. The second-order valence-electron chi connectivity index (χ2n) is 5.33. The molecule has 0 saturated carbocycles. The molecular weight excluding hydrogens is 310 g/mol. The Hall–Kier alpha value is -2.93. The molecule has 2 amide bonds. The molecule has 0 aliphatic carbocycles. The van der Waals surface area contributed by atoms with Crippen molar-refractivity contribution in [2.45, 2.75) is 6.10 Å². The van der Waals surface area contributed by atoms with Crippen molar-refractivity contribution < 1.29 is 19.1 Å². The second-order valence-corrected chi connectivity index (χ2v) is 5.33. The quantitative estimate of drug-likeness (QED) is 0.910. The van der Waals surface area contributed by atoms with E-state index in [-0.39, 0.29) is 19.1 Å². The average Bonchev–Trinajstić information content (AvgIpc) is 2.62. The molecule has 1 aliphatic rings. The topological polar surface area (TPSA) is 94.8 Å². The number of carbonyl (C=O) groups excluding carboxylic acids is 2. The minimum atomic E-state index is -0.765. The number of morpholine rings is 1. The number of hydrogen-bond acceptors (Lipinski definition) is 5. The Labute approximate surface area is 139 Å². The molecule has 2 heterocycles. The van der Waals surface area contributed by atoms with Crippen LogP contribution in [-0.2, 0) is 9.53 Å². The zero-order chi connectivity index (χ0) is 16.9. The number of rotatable bonds is 4. The van der Waals surface area contributed by atoms with Crippen molar-refractivity contribution in [1.29, 1.82) is 0 Å². The van der Waals surface area contributed by atoms with Gasteiger partial charge < -0.3 is 20.1 Å². The third kappa shape index (κ3) is 3.69. The summed E-state index contributed by atoms with van der Waals surface area (Å²) >= 11 is 0. The number of benzene rings is 1. The monoisotopic (exact) mass is 327 g/mol. The van der Waals surface area contributed by atoms with Gasteiger partial charge in [0.15, 0.2) is 6.10 Å². The summed E-state index contributed by atoms with van der Waals surface area (Å²) in [7, 11) is 0. The summed E-state index contributed by atoms with van der Waals surface area (Å²) in [6.07, 6.45) is 2.49. The summed E-state index contributed by atoms with van der Waals surface area (Å²) in [6.45, 7) is 0.855. The maximum atomic E-state index is 12.6. The van der Waals surface area contributed by atoms with E-state index in [1.807, 2.05) is 0 Å². The summed E-state index contributed by atoms with van der Waals surface area (Å²) in [5, 5.41) is 0. The number of ether oxygens (including phenoxy) is 2. The highest BCUT2D eigenvalue weighted by Gasteiger charge is 2.28. The zero-order valence-electron chi connectivity index (χ0n) is 12.9. The number of nitrogens with zero attached hydrogens (tertiary/aromatic N) is 2. The fourth-order valence-corrected chi connectivity index (χ4v) is 2.42. The van der Waals surface area contributed by atoms with E-state index in [0.717, 1.165) is 0 Å². The van der Waals surface area contributed by atoms with E-state index < -0.39 is 12.0 Å². The number of aromatic nitrogens is 1. The van der Waals surface area contributed by atoms with Gasteiger partial charge in [0.2, 0.25) is 5.91 Å². The molecule has 0 spiro atoms. The van der Waals surface area contributed by atoms with Crippen LogP contribution < -0.4 is 10.5 Å². The molecule has 24 heavy (non-hydrogen) atoms. The van der Waals surface area contributed by atoms with Gasteiger partial charge >= 0.3 is 0 Å². The molecule has 1 fully saturated rings. The lowest BCUT2D eigenvalue weighted by atomic mass is 10.1. The first-order valence-corrected chi connectivity index (χ1v) is 7.51. The molecule has 3 rings (SSSR count). The zero-order valence-corrected chi connectivity index (χ0v) is 12.9. The molecule has 1 aliphatic heterocycles. The van der Waals surface area contributed by atoms with Crippen molar-refractivity contribution in [3.8, 4) is 11.5 Å². The van der Waals surface area contributed by atoms with Crippen molar-refractivity contribution in [3.05, 3.63) is 54.4 Å². The van der Waals surface area contributed by atoms with Crippen LogP contribution in [0.15, 0.2) is 48.8 Å². The molecule has 0 bridgehead atoms. The number of carbonyl (C=O) groups is 2. The van der Waals surface area contributed by atoms with Crippen LogP contribution in [0.5, 0.6) is 11.5 Å². The van der Waals surface area contributed by atoms with E-state index in [1.54, 1.807) is 53.7 Å². The Morgan fingerprint density at radius 1 is 1.21 bits per heavy atom.